The molecule has 2 aliphatic rings. The van der Waals surface area contributed by atoms with Gasteiger partial charge in [0.15, 0.2) is 0 Å². The Morgan fingerprint density at radius 1 is 1.00 bits per heavy atom. The number of nitrogens with zero attached hydrogens (tertiary/aromatic N) is 3. The second-order valence-corrected chi connectivity index (χ2v) is 7.07. The van der Waals surface area contributed by atoms with Crippen LogP contribution in [-0.4, -0.2) is 35.1 Å². The third-order valence-corrected chi connectivity index (χ3v) is 5.34. The third-order valence-electron chi connectivity index (χ3n) is 5.34. The molecule has 1 fully saturated rings. The van der Waals surface area contributed by atoms with Crippen LogP contribution in [-0.2, 0) is 6.42 Å². The Morgan fingerprint density at radius 2 is 1.77 bits per heavy atom. The van der Waals surface area contributed by atoms with E-state index in [2.05, 4.69) is 49.8 Å². The van der Waals surface area contributed by atoms with Gasteiger partial charge in [0.25, 0.3) is 0 Å². The first-order chi connectivity index (χ1) is 12.8. The van der Waals surface area contributed by atoms with Gasteiger partial charge in [0.2, 0.25) is 5.95 Å². The highest BCUT2D eigenvalue weighted by molar-refractivity contribution is 5.75. The van der Waals surface area contributed by atoms with Crippen molar-refractivity contribution in [1.29, 1.82) is 0 Å². The maximum atomic E-state index is 12.5. The molecule has 1 aromatic heterocycles. The average molecular weight is 351 g/mol. The Hall–Kier alpha value is -2.63. The quantitative estimate of drug-likeness (QED) is 0.892. The van der Waals surface area contributed by atoms with Crippen molar-refractivity contribution in [1.82, 2.24) is 20.6 Å². The van der Waals surface area contributed by atoms with Gasteiger partial charge in [0, 0.05) is 31.5 Å². The summed E-state index contributed by atoms with van der Waals surface area (Å²) in [4.78, 5) is 23.3. The Balaban J connectivity index is 1.29. The number of carbonyl (C=O) groups is 1. The van der Waals surface area contributed by atoms with Gasteiger partial charge in [0.05, 0.1) is 6.04 Å². The first-order valence-electron chi connectivity index (χ1n) is 9.46. The highest BCUT2D eigenvalue weighted by Crippen LogP contribution is 2.29. The molecule has 1 aliphatic carbocycles. The summed E-state index contributed by atoms with van der Waals surface area (Å²) in [5.41, 5.74) is 2.63. The smallest absolute Gasteiger partial charge is 0.315 e. The molecule has 2 heterocycles. The summed E-state index contributed by atoms with van der Waals surface area (Å²) in [6, 6.07) is 10.5. The molecule has 4 rings (SSSR count). The number of aryl methyl sites for hydroxylation is 1. The van der Waals surface area contributed by atoms with Crippen molar-refractivity contribution < 1.29 is 4.79 Å². The maximum absolute atomic E-state index is 12.5. The first-order valence-corrected chi connectivity index (χ1v) is 9.46. The first kappa shape index (κ1) is 16.8. The zero-order valence-corrected chi connectivity index (χ0v) is 14.9. The number of carbonyl (C=O) groups excluding carboxylic acids is 1. The van der Waals surface area contributed by atoms with Gasteiger partial charge in [0.1, 0.15) is 0 Å². The zero-order valence-electron chi connectivity index (χ0n) is 14.9. The van der Waals surface area contributed by atoms with Crippen LogP contribution in [0.3, 0.4) is 0 Å². The Labute approximate surface area is 154 Å². The van der Waals surface area contributed by atoms with Crippen LogP contribution in [0.4, 0.5) is 10.7 Å². The lowest BCUT2D eigenvalue weighted by atomic mass is 9.88. The molecule has 0 saturated carbocycles. The number of fused-ring (bicyclic) bond motifs is 1. The number of nitrogens with one attached hydrogen (secondary N) is 2. The summed E-state index contributed by atoms with van der Waals surface area (Å²) in [5.74, 6) is 0.772. The van der Waals surface area contributed by atoms with Crippen molar-refractivity contribution in [3.63, 3.8) is 0 Å². The van der Waals surface area contributed by atoms with Crippen LogP contribution in [0.5, 0.6) is 0 Å². The monoisotopic (exact) mass is 351 g/mol. The minimum Gasteiger partial charge on any atom is -0.341 e. The van der Waals surface area contributed by atoms with Gasteiger partial charge in [-0.25, -0.2) is 14.8 Å². The number of aromatic nitrogens is 2. The van der Waals surface area contributed by atoms with Crippen molar-refractivity contribution >= 4 is 12.0 Å². The number of hydrogen-bond donors (Lipinski definition) is 2. The molecule has 0 bridgehead atoms. The van der Waals surface area contributed by atoms with E-state index in [1.807, 2.05) is 6.07 Å². The van der Waals surface area contributed by atoms with E-state index in [1.54, 1.807) is 12.4 Å². The molecule has 1 unspecified atom stereocenters. The van der Waals surface area contributed by atoms with Crippen LogP contribution >= 0.6 is 0 Å². The van der Waals surface area contributed by atoms with Gasteiger partial charge in [-0.2, -0.15) is 0 Å². The highest BCUT2D eigenvalue weighted by atomic mass is 16.2. The van der Waals surface area contributed by atoms with Gasteiger partial charge < -0.3 is 15.5 Å². The number of anilines is 1. The van der Waals surface area contributed by atoms with Gasteiger partial charge >= 0.3 is 6.03 Å². The number of piperidine rings is 1. The molecule has 0 radical (unpaired) electrons. The fourth-order valence-electron chi connectivity index (χ4n) is 3.97. The normalized spacial score (nSPS) is 20.3. The molecule has 136 valence electrons. The Kier molecular flexibility index (Phi) is 5.00. The SMILES string of the molecule is O=C(NC1CCN(c2ncccn2)CC1)NC1CCCc2ccccc21. The average Bonchev–Trinajstić information content (AvgIpc) is 2.69. The van der Waals surface area contributed by atoms with Crippen molar-refractivity contribution in [3.8, 4) is 0 Å². The molecule has 1 atom stereocenters. The molecule has 2 aromatic rings. The van der Waals surface area contributed by atoms with E-state index in [0.29, 0.717) is 0 Å². The fourth-order valence-corrected chi connectivity index (χ4v) is 3.97. The predicted molar refractivity (Wildman–Crippen MR) is 101 cm³/mol. The second-order valence-electron chi connectivity index (χ2n) is 7.07. The van der Waals surface area contributed by atoms with Crippen molar-refractivity contribution in [2.24, 2.45) is 0 Å². The lowest BCUT2D eigenvalue weighted by Gasteiger charge is -2.33. The number of benzene rings is 1. The molecule has 1 aromatic carbocycles. The molecular formula is C20H25N5O. The minimum atomic E-state index is -0.0545. The van der Waals surface area contributed by atoms with Gasteiger partial charge in [-0.3, -0.25) is 0 Å². The Morgan fingerprint density at radius 3 is 2.58 bits per heavy atom. The molecule has 2 N–H and O–H groups in total. The fraction of sp³-hybridized carbons (Fsp3) is 0.450. The third kappa shape index (κ3) is 3.79. The van der Waals surface area contributed by atoms with E-state index in [-0.39, 0.29) is 18.1 Å². The number of hydrogen-bond acceptors (Lipinski definition) is 4. The van der Waals surface area contributed by atoms with Gasteiger partial charge in [-0.05, 0) is 49.3 Å². The molecule has 2 amide bonds. The van der Waals surface area contributed by atoms with Gasteiger partial charge in [-0.1, -0.05) is 24.3 Å². The molecule has 1 saturated heterocycles. The molecule has 26 heavy (non-hydrogen) atoms. The van der Waals surface area contributed by atoms with Crippen molar-refractivity contribution in [2.75, 3.05) is 18.0 Å². The molecule has 6 heteroatoms. The van der Waals surface area contributed by atoms with E-state index in [1.165, 1.54) is 11.1 Å². The standard InChI is InChI=1S/C20H25N5O/c26-20(24-18-8-3-6-15-5-1-2-7-17(15)18)23-16-9-13-25(14-10-16)19-21-11-4-12-22-19/h1-2,4-5,7,11-12,16,18H,3,6,8-10,13-14H2,(H2,23,24,26). The highest BCUT2D eigenvalue weighted by Gasteiger charge is 2.25. The minimum absolute atomic E-state index is 0.0545. The van der Waals surface area contributed by atoms with E-state index in [0.717, 1.165) is 51.1 Å². The summed E-state index contributed by atoms with van der Waals surface area (Å²) in [5, 5.41) is 6.33. The largest absolute Gasteiger partial charge is 0.341 e. The summed E-state index contributed by atoms with van der Waals surface area (Å²) in [6.07, 6.45) is 8.59. The van der Waals surface area contributed by atoms with E-state index in [9.17, 15) is 4.79 Å². The lowest BCUT2D eigenvalue weighted by Crippen LogP contribution is -2.49. The predicted octanol–water partition coefficient (Wildman–Crippen LogP) is 2.82. The Bertz CT molecular complexity index is 743. The second kappa shape index (κ2) is 7.72. The maximum Gasteiger partial charge on any atom is 0.315 e. The summed E-state index contributed by atoms with van der Waals surface area (Å²) in [6.45, 7) is 1.72. The van der Waals surface area contributed by atoms with Crippen LogP contribution in [0.2, 0.25) is 0 Å². The number of rotatable bonds is 3. The van der Waals surface area contributed by atoms with Crippen LogP contribution in [0.15, 0.2) is 42.7 Å². The molecule has 0 spiro atoms. The van der Waals surface area contributed by atoms with Gasteiger partial charge in [-0.15, -0.1) is 0 Å². The van der Waals surface area contributed by atoms with Crippen molar-refractivity contribution in [3.05, 3.63) is 53.9 Å². The lowest BCUT2D eigenvalue weighted by molar-refractivity contribution is 0.229. The van der Waals surface area contributed by atoms with E-state index >= 15 is 0 Å². The molecule has 6 nitrogen and oxygen atoms in total. The van der Waals surface area contributed by atoms with E-state index in [4.69, 9.17) is 0 Å². The molecular weight excluding hydrogens is 326 g/mol. The molecule has 1 aliphatic heterocycles. The number of amides is 2. The van der Waals surface area contributed by atoms with Crippen molar-refractivity contribution in [2.45, 2.75) is 44.2 Å². The van der Waals surface area contributed by atoms with Crippen LogP contribution < -0.4 is 15.5 Å². The topological polar surface area (TPSA) is 70.2 Å². The zero-order chi connectivity index (χ0) is 17.8. The summed E-state index contributed by atoms with van der Waals surface area (Å²) in [7, 11) is 0. The summed E-state index contributed by atoms with van der Waals surface area (Å²) >= 11 is 0. The van der Waals surface area contributed by atoms with Crippen LogP contribution in [0.25, 0.3) is 0 Å². The van der Waals surface area contributed by atoms with Crippen LogP contribution in [0, 0.1) is 0 Å². The summed E-state index contributed by atoms with van der Waals surface area (Å²) < 4.78 is 0. The van der Waals surface area contributed by atoms with Crippen LogP contribution in [0.1, 0.15) is 42.9 Å². The number of urea groups is 1. The van der Waals surface area contributed by atoms with E-state index < -0.39 is 0 Å².